The summed E-state index contributed by atoms with van der Waals surface area (Å²) in [5.41, 5.74) is 2.65. The molecular formula is C25H22F3N3O2. The van der Waals surface area contributed by atoms with Crippen LogP contribution in [-0.2, 0) is 17.5 Å². The molecular weight excluding hydrogens is 431 g/mol. The van der Waals surface area contributed by atoms with Gasteiger partial charge in [-0.1, -0.05) is 12.1 Å². The van der Waals surface area contributed by atoms with E-state index < -0.39 is 11.7 Å². The van der Waals surface area contributed by atoms with Gasteiger partial charge in [0, 0.05) is 42.2 Å². The van der Waals surface area contributed by atoms with E-state index in [0.717, 1.165) is 45.4 Å². The summed E-state index contributed by atoms with van der Waals surface area (Å²) >= 11 is 0. The Bertz CT molecular complexity index is 1340. The molecule has 0 aliphatic rings. The summed E-state index contributed by atoms with van der Waals surface area (Å²) in [6.45, 7) is 2.82. The molecule has 5 nitrogen and oxygen atoms in total. The summed E-state index contributed by atoms with van der Waals surface area (Å²) in [7, 11) is 1.62. The number of aromatic nitrogens is 2. The van der Waals surface area contributed by atoms with Crippen LogP contribution in [0.25, 0.3) is 27.9 Å². The lowest BCUT2D eigenvalue weighted by atomic mass is 10.1. The number of halogens is 3. The molecule has 0 bridgehead atoms. The highest BCUT2D eigenvalue weighted by molar-refractivity contribution is 6.09. The Morgan fingerprint density at radius 3 is 2.58 bits per heavy atom. The number of nitrogens with one attached hydrogen (secondary N) is 1. The Labute approximate surface area is 188 Å². The quantitative estimate of drug-likeness (QED) is 0.400. The smallest absolute Gasteiger partial charge is 0.416 e. The van der Waals surface area contributed by atoms with Crippen molar-refractivity contribution in [2.75, 3.05) is 13.7 Å². The van der Waals surface area contributed by atoms with Gasteiger partial charge in [-0.15, -0.1) is 0 Å². The van der Waals surface area contributed by atoms with Gasteiger partial charge >= 0.3 is 6.18 Å². The summed E-state index contributed by atoms with van der Waals surface area (Å²) < 4.78 is 45.5. The molecule has 2 aromatic heterocycles. The van der Waals surface area contributed by atoms with E-state index in [-0.39, 0.29) is 5.91 Å². The average molecular weight is 453 g/mol. The minimum atomic E-state index is -4.38. The number of carbonyl (C=O) groups is 1. The maximum atomic E-state index is 12.7. The third kappa shape index (κ3) is 4.69. The molecule has 0 aliphatic heterocycles. The van der Waals surface area contributed by atoms with Crippen molar-refractivity contribution in [1.29, 1.82) is 0 Å². The number of hydrogen-bond acceptors (Lipinski definition) is 3. The van der Waals surface area contributed by atoms with Crippen LogP contribution >= 0.6 is 0 Å². The van der Waals surface area contributed by atoms with Gasteiger partial charge in [-0.2, -0.15) is 13.2 Å². The predicted molar refractivity (Wildman–Crippen MR) is 122 cm³/mol. The molecule has 0 saturated carbocycles. The van der Waals surface area contributed by atoms with E-state index in [1.807, 2.05) is 31.2 Å². The van der Waals surface area contributed by atoms with Crippen LogP contribution in [0.5, 0.6) is 5.75 Å². The van der Waals surface area contributed by atoms with E-state index >= 15 is 0 Å². The average Bonchev–Trinajstić information content (AvgIpc) is 3.11. The molecule has 0 fully saturated rings. The summed E-state index contributed by atoms with van der Waals surface area (Å²) in [6, 6.07) is 12.5. The third-order valence-electron chi connectivity index (χ3n) is 5.46. The number of carbonyl (C=O) groups excluding carboxylic acids is 1. The SMILES string of the molecule is COc1ccc2c3ccnc(C)c3n(CCNC(=O)/C=C/c3ccc(C(F)(F)F)cc3)c2c1. The molecule has 1 N–H and O–H groups in total. The summed E-state index contributed by atoms with van der Waals surface area (Å²) in [5.74, 6) is 0.406. The lowest BCUT2D eigenvalue weighted by Crippen LogP contribution is -2.25. The zero-order valence-corrected chi connectivity index (χ0v) is 18.1. The molecule has 0 radical (unpaired) electrons. The molecule has 0 unspecified atom stereocenters. The molecule has 2 heterocycles. The molecule has 0 spiro atoms. The Hall–Kier alpha value is -3.81. The van der Waals surface area contributed by atoms with Gasteiger partial charge in [0.1, 0.15) is 5.75 Å². The van der Waals surface area contributed by atoms with Crippen LogP contribution in [0.4, 0.5) is 13.2 Å². The molecule has 4 rings (SSSR count). The zero-order valence-electron chi connectivity index (χ0n) is 18.1. The van der Waals surface area contributed by atoms with Crippen molar-refractivity contribution >= 4 is 33.8 Å². The molecule has 1 amide bonds. The second kappa shape index (κ2) is 8.97. The van der Waals surface area contributed by atoms with Crippen LogP contribution in [0.2, 0.25) is 0 Å². The van der Waals surface area contributed by atoms with Crippen molar-refractivity contribution in [3.8, 4) is 5.75 Å². The van der Waals surface area contributed by atoms with E-state index in [4.69, 9.17) is 4.74 Å². The van der Waals surface area contributed by atoms with E-state index in [1.165, 1.54) is 24.3 Å². The largest absolute Gasteiger partial charge is 0.497 e. The lowest BCUT2D eigenvalue weighted by Gasteiger charge is -2.10. The third-order valence-corrected chi connectivity index (χ3v) is 5.46. The maximum Gasteiger partial charge on any atom is 0.416 e. The number of nitrogens with zero attached hydrogens (tertiary/aromatic N) is 2. The first kappa shape index (κ1) is 22.4. The Balaban J connectivity index is 1.48. The predicted octanol–water partition coefficient (Wildman–Crippen LogP) is 5.35. The number of rotatable bonds is 6. The van der Waals surface area contributed by atoms with E-state index in [1.54, 1.807) is 13.3 Å². The number of amides is 1. The van der Waals surface area contributed by atoms with Gasteiger partial charge in [-0.3, -0.25) is 9.78 Å². The monoisotopic (exact) mass is 453 g/mol. The highest BCUT2D eigenvalue weighted by Crippen LogP contribution is 2.32. The summed E-state index contributed by atoms with van der Waals surface area (Å²) in [4.78, 5) is 16.7. The molecule has 8 heteroatoms. The molecule has 0 saturated heterocycles. The first-order valence-electron chi connectivity index (χ1n) is 10.3. The summed E-state index contributed by atoms with van der Waals surface area (Å²) in [6.07, 6.45) is 0.184. The minimum Gasteiger partial charge on any atom is -0.497 e. The number of ether oxygens (including phenoxy) is 1. The van der Waals surface area contributed by atoms with Crippen molar-refractivity contribution in [3.05, 3.63) is 77.6 Å². The normalized spacial score (nSPS) is 12.0. The second-order valence-corrected chi connectivity index (χ2v) is 7.57. The van der Waals surface area contributed by atoms with E-state index in [9.17, 15) is 18.0 Å². The second-order valence-electron chi connectivity index (χ2n) is 7.57. The number of methoxy groups -OCH3 is 1. The standard InChI is InChI=1S/C25H22F3N3O2/c1-16-24-21(11-12-29-16)20-9-8-19(33-2)15-22(20)31(24)14-13-30-23(32)10-5-17-3-6-18(7-4-17)25(26,27)28/h3-12,15H,13-14H2,1-2H3,(H,30,32)/b10-5+. The highest BCUT2D eigenvalue weighted by Gasteiger charge is 2.29. The van der Waals surface area contributed by atoms with Gasteiger partial charge in [0.05, 0.1) is 29.4 Å². The van der Waals surface area contributed by atoms with Crippen LogP contribution < -0.4 is 10.1 Å². The van der Waals surface area contributed by atoms with Crippen molar-refractivity contribution in [2.45, 2.75) is 19.6 Å². The minimum absolute atomic E-state index is 0.330. The molecule has 170 valence electrons. The molecule has 0 aliphatic carbocycles. The van der Waals surface area contributed by atoms with Gasteiger partial charge in [-0.05, 0) is 48.9 Å². The van der Waals surface area contributed by atoms with Gasteiger partial charge < -0.3 is 14.6 Å². The van der Waals surface area contributed by atoms with Crippen LogP contribution in [0.3, 0.4) is 0 Å². The van der Waals surface area contributed by atoms with Crippen molar-refractivity contribution < 1.29 is 22.7 Å². The topological polar surface area (TPSA) is 56.1 Å². The van der Waals surface area contributed by atoms with E-state index in [0.29, 0.717) is 18.7 Å². The van der Waals surface area contributed by atoms with Crippen molar-refractivity contribution in [1.82, 2.24) is 14.9 Å². The van der Waals surface area contributed by atoms with Gasteiger partial charge in [0.25, 0.3) is 0 Å². The van der Waals surface area contributed by atoms with Crippen LogP contribution in [0.15, 0.2) is 60.8 Å². The number of pyridine rings is 1. The van der Waals surface area contributed by atoms with Crippen molar-refractivity contribution in [2.24, 2.45) is 0 Å². The van der Waals surface area contributed by atoms with Gasteiger partial charge in [0.15, 0.2) is 0 Å². The van der Waals surface area contributed by atoms with Gasteiger partial charge in [0.2, 0.25) is 5.91 Å². The first-order valence-corrected chi connectivity index (χ1v) is 10.3. The first-order chi connectivity index (χ1) is 15.8. The Kier molecular flexibility index (Phi) is 6.09. The highest BCUT2D eigenvalue weighted by atomic mass is 19.4. The molecule has 4 aromatic rings. The fourth-order valence-electron chi connectivity index (χ4n) is 3.86. The molecule has 33 heavy (non-hydrogen) atoms. The number of alkyl halides is 3. The van der Waals surface area contributed by atoms with Crippen LogP contribution in [0, 0.1) is 6.92 Å². The Morgan fingerprint density at radius 1 is 1.12 bits per heavy atom. The number of benzene rings is 2. The molecule has 2 aromatic carbocycles. The Morgan fingerprint density at radius 2 is 1.88 bits per heavy atom. The van der Waals surface area contributed by atoms with Crippen LogP contribution in [0.1, 0.15) is 16.8 Å². The number of fused-ring (bicyclic) bond motifs is 3. The number of aryl methyl sites for hydroxylation is 1. The van der Waals surface area contributed by atoms with E-state index in [2.05, 4.69) is 14.9 Å². The fraction of sp³-hybridized carbons (Fsp3) is 0.200. The fourth-order valence-corrected chi connectivity index (χ4v) is 3.86. The van der Waals surface area contributed by atoms with Crippen LogP contribution in [-0.4, -0.2) is 29.1 Å². The summed E-state index contributed by atoms with van der Waals surface area (Å²) in [5, 5.41) is 4.98. The number of hydrogen-bond donors (Lipinski definition) is 1. The lowest BCUT2D eigenvalue weighted by molar-refractivity contribution is -0.137. The zero-order chi connectivity index (χ0) is 23.6. The van der Waals surface area contributed by atoms with Crippen molar-refractivity contribution in [3.63, 3.8) is 0 Å². The molecule has 0 atom stereocenters. The van der Waals surface area contributed by atoms with Gasteiger partial charge in [-0.25, -0.2) is 0 Å². The maximum absolute atomic E-state index is 12.7.